The number of carbonyl (C=O) groups excluding carboxylic acids is 1. The highest BCUT2D eigenvalue weighted by Crippen LogP contribution is 2.05. The molecule has 0 aliphatic carbocycles. The number of aliphatic hydroxyl groups excluding tert-OH is 1. The first-order valence-electron chi connectivity index (χ1n) is 2.64. The number of aliphatic hydroxyl groups is 2. The molecular weight excluding hydrogens is 122 g/mol. The first-order chi connectivity index (χ1) is 4.00. The van der Waals surface area contributed by atoms with Crippen LogP contribution >= 0.6 is 0 Å². The van der Waals surface area contributed by atoms with Crippen LogP contribution in [0.3, 0.4) is 0 Å². The van der Waals surface area contributed by atoms with Gasteiger partial charge in [0.25, 0.3) is 0 Å². The average molecular weight is 133 g/mol. The largest absolute Gasteiger partial charge is 0.396 e. The lowest BCUT2D eigenvalue weighted by atomic mass is 10.0. The number of amides is 1. The van der Waals surface area contributed by atoms with E-state index in [1.165, 1.54) is 6.92 Å². The van der Waals surface area contributed by atoms with Crippen molar-refractivity contribution < 1.29 is 15.0 Å². The summed E-state index contributed by atoms with van der Waals surface area (Å²) in [6, 6.07) is 0. The normalized spacial score (nSPS) is 16.8. The molecule has 4 heteroatoms. The summed E-state index contributed by atoms with van der Waals surface area (Å²) in [6.07, 6.45) is -0.0116. The van der Waals surface area contributed by atoms with Gasteiger partial charge in [0.1, 0.15) is 5.60 Å². The summed E-state index contributed by atoms with van der Waals surface area (Å²) in [7, 11) is 0. The molecule has 0 aliphatic rings. The molecule has 0 saturated carbocycles. The van der Waals surface area contributed by atoms with Crippen molar-refractivity contribution in [2.75, 3.05) is 6.61 Å². The van der Waals surface area contributed by atoms with E-state index < -0.39 is 11.5 Å². The van der Waals surface area contributed by atoms with E-state index in [9.17, 15) is 4.79 Å². The van der Waals surface area contributed by atoms with Gasteiger partial charge in [-0.05, 0) is 6.92 Å². The molecule has 0 fully saturated rings. The van der Waals surface area contributed by atoms with Crippen molar-refractivity contribution in [3.63, 3.8) is 0 Å². The Kier molecular flexibility index (Phi) is 2.61. The number of nitrogens with two attached hydrogens (primary N) is 1. The van der Waals surface area contributed by atoms with E-state index >= 15 is 0 Å². The predicted octanol–water partition coefficient (Wildman–Crippen LogP) is -1.39. The molecule has 1 amide bonds. The fraction of sp³-hybridized carbons (Fsp3) is 0.800. The smallest absolute Gasteiger partial charge is 0.249 e. The Morgan fingerprint density at radius 3 is 2.33 bits per heavy atom. The first-order valence-corrected chi connectivity index (χ1v) is 2.64. The van der Waals surface area contributed by atoms with Crippen molar-refractivity contribution in [2.24, 2.45) is 5.73 Å². The third-order valence-electron chi connectivity index (χ3n) is 1.13. The van der Waals surface area contributed by atoms with Crippen molar-refractivity contribution in [3.05, 3.63) is 0 Å². The average Bonchev–Trinajstić information content (AvgIpc) is 1.65. The van der Waals surface area contributed by atoms with Gasteiger partial charge in [0.2, 0.25) is 5.91 Å². The van der Waals surface area contributed by atoms with Gasteiger partial charge in [-0.25, -0.2) is 0 Å². The topological polar surface area (TPSA) is 83.6 Å². The van der Waals surface area contributed by atoms with Crippen LogP contribution in [0.25, 0.3) is 0 Å². The predicted molar refractivity (Wildman–Crippen MR) is 31.5 cm³/mol. The Hall–Kier alpha value is -0.610. The molecule has 0 spiro atoms. The zero-order valence-electron chi connectivity index (χ0n) is 5.29. The summed E-state index contributed by atoms with van der Waals surface area (Å²) in [5, 5.41) is 17.2. The van der Waals surface area contributed by atoms with Crippen LogP contribution in [0.4, 0.5) is 0 Å². The van der Waals surface area contributed by atoms with Crippen molar-refractivity contribution in [3.8, 4) is 0 Å². The van der Waals surface area contributed by atoms with E-state index in [-0.39, 0.29) is 13.0 Å². The molecule has 0 aliphatic heterocycles. The van der Waals surface area contributed by atoms with E-state index in [1.807, 2.05) is 0 Å². The lowest BCUT2D eigenvalue weighted by Gasteiger charge is -2.16. The fourth-order valence-corrected chi connectivity index (χ4v) is 0.341. The van der Waals surface area contributed by atoms with Gasteiger partial charge in [-0.2, -0.15) is 0 Å². The maximum Gasteiger partial charge on any atom is 0.249 e. The third-order valence-corrected chi connectivity index (χ3v) is 1.13. The quantitative estimate of drug-likeness (QED) is 0.443. The molecule has 0 radical (unpaired) electrons. The number of rotatable bonds is 3. The highest BCUT2D eigenvalue weighted by Gasteiger charge is 2.26. The molecule has 0 heterocycles. The van der Waals surface area contributed by atoms with Crippen LogP contribution in [0.1, 0.15) is 13.3 Å². The zero-order valence-corrected chi connectivity index (χ0v) is 5.29. The minimum absolute atomic E-state index is 0.0116. The van der Waals surface area contributed by atoms with E-state index in [0.29, 0.717) is 0 Å². The number of hydrogen-bond donors (Lipinski definition) is 3. The van der Waals surface area contributed by atoms with Crippen LogP contribution in [0.5, 0.6) is 0 Å². The number of hydrogen-bond acceptors (Lipinski definition) is 3. The van der Waals surface area contributed by atoms with Gasteiger partial charge in [0, 0.05) is 13.0 Å². The summed E-state index contributed by atoms with van der Waals surface area (Å²) in [5.41, 5.74) is 3.20. The van der Waals surface area contributed by atoms with Gasteiger partial charge in [-0.3, -0.25) is 4.79 Å². The molecule has 9 heavy (non-hydrogen) atoms. The Morgan fingerprint density at radius 1 is 1.78 bits per heavy atom. The highest BCUT2D eigenvalue weighted by molar-refractivity contribution is 5.82. The molecule has 0 rings (SSSR count). The number of carbonyl (C=O) groups is 1. The molecule has 0 saturated heterocycles. The molecule has 1 unspecified atom stereocenters. The van der Waals surface area contributed by atoms with Crippen molar-refractivity contribution in [2.45, 2.75) is 18.9 Å². The monoisotopic (exact) mass is 133 g/mol. The van der Waals surface area contributed by atoms with Gasteiger partial charge in [0.05, 0.1) is 0 Å². The molecule has 0 bridgehead atoms. The second-order valence-corrected chi connectivity index (χ2v) is 2.11. The minimum atomic E-state index is -1.56. The minimum Gasteiger partial charge on any atom is -0.396 e. The molecule has 54 valence electrons. The van der Waals surface area contributed by atoms with Crippen molar-refractivity contribution in [1.82, 2.24) is 0 Å². The second-order valence-electron chi connectivity index (χ2n) is 2.11. The van der Waals surface area contributed by atoms with Gasteiger partial charge in [-0.1, -0.05) is 0 Å². The second kappa shape index (κ2) is 2.80. The van der Waals surface area contributed by atoms with Crippen LogP contribution in [0, 0.1) is 0 Å². The SMILES string of the molecule is CC(O)(CCO)C(N)=O. The molecule has 4 nitrogen and oxygen atoms in total. The molecule has 4 N–H and O–H groups in total. The third kappa shape index (κ3) is 2.43. The lowest BCUT2D eigenvalue weighted by molar-refractivity contribution is -0.135. The summed E-state index contributed by atoms with van der Waals surface area (Å²) in [5.74, 6) is -0.809. The van der Waals surface area contributed by atoms with Gasteiger partial charge in [0.15, 0.2) is 0 Å². The van der Waals surface area contributed by atoms with E-state index in [2.05, 4.69) is 0 Å². The molecule has 0 aromatic carbocycles. The van der Waals surface area contributed by atoms with Gasteiger partial charge < -0.3 is 15.9 Å². The summed E-state index contributed by atoms with van der Waals surface area (Å²) in [4.78, 5) is 10.3. The van der Waals surface area contributed by atoms with Crippen LogP contribution in [-0.4, -0.2) is 28.3 Å². The standard InChI is InChI=1S/C5H11NO3/c1-5(9,2-3-7)4(6)8/h7,9H,2-3H2,1H3,(H2,6,8). The Labute approximate surface area is 53.3 Å². The highest BCUT2D eigenvalue weighted by atomic mass is 16.3. The Bertz CT molecular complexity index is 111. The summed E-state index contributed by atoms with van der Waals surface area (Å²) < 4.78 is 0. The fourth-order valence-electron chi connectivity index (χ4n) is 0.341. The van der Waals surface area contributed by atoms with E-state index in [0.717, 1.165) is 0 Å². The van der Waals surface area contributed by atoms with E-state index in [4.69, 9.17) is 15.9 Å². The molecular formula is C5H11NO3. The van der Waals surface area contributed by atoms with Crippen LogP contribution in [0.2, 0.25) is 0 Å². The van der Waals surface area contributed by atoms with Crippen molar-refractivity contribution >= 4 is 5.91 Å². The molecule has 1 atom stereocenters. The molecule has 0 aromatic heterocycles. The maximum absolute atomic E-state index is 10.3. The van der Waals surface area contributed by atoms with Crippen LogP contribution < -0.4 is 5.73 Å². The number of primary amides is 1. The lowest BCUT2D eigenvalue weighted by Crippen LogP contribution is -2.41. The first kappa shape index (κ1) is 8.39. The Morgan fingerprint density at radius 2 is 2.22 bits per heavy atom. The van der Waals surface area contributed by atoms with Crippen molar-refractivity contribution in [1.29, 1.82) is 0 Å². The Balaban J connectivity index is 3.85. The van der Waals surface area contributed by atoms with E-state index in [1.54, 1.807) is 0 Å². The summed E-state index contributed by atoms with van der Waals surface area (Å²) in [6.45, 7) is 1.03. The zero-order chi connectivity index (χ0) is 7.49. The van der Waals surface area contributed by atoms with Gasteiger partial charge in [-0.15, -0.1) is 0 Å². The van der Waals surface area contributed by atoms with Crippen LogP contribution in [0.15, 0.2) is 0 Å². The summed E-state index contributed by atoms with van der Waals surface area (Å²) >= 11 is 0. The van der Waals surface area contributed by atoms with Crippen LogP contribution in [-0.2, 0) is 4.79 Å². The maximum atomic E-state index is 10.3. The molecule has 0 aromatic rings. The van der Waals surface area contributed by atoms with Gasteiger partial charge >= 0.3 is 0 Å².